The highest BCUT2D eigenvalue weighted by molar-refractivity contribution is 5.94. The van der Waals surface area contributed by atoms with E-state index in [2.05, 4.69) is 35.1 Å². The zero-order valence-electron chi connectivity index (χ0n) is 16.4. The van der Waals surface area contributed by atoms with Crippen molar-refractivity contribution < 1.29 is 0 Å². The maximum Gasteiger partial charge on any atom is 0.166 e. The SMILES string of the molecule is Cc1cn(-c2nccc3[nH]c(-c4n[nH]c5ncc(-c6cncc(N)c6)cc45)nc23)cn1. The number of nitrogens with two attached hydrogens (primary N) is 1. The van der Waals surface area contributed by atoms with Crippen LogP contribution in [0.3, 0.4) is 0 Å². The van der Waals surface area contributed by atoms with Gasteiger partial charge in [-0.15, -0.1) is 0 Å². The van der Waals surface area contributed by atoms with Crippen LogP contribution in [0.4, 0.5) is 5.69 Å². The summed E-state index contributed by atoms with van der Waals surface area (Å²) in [4.78, 5) is 25.6. The number of nitrogens with one attached hydrogen (secondary N) is 2. The van der Waals surface area contributed by atoms with Crippen molar-refractivity contribution in [2.24, 2.45) is 0 Å². The number of rotatable bonds is 3. The third-order valence-electron chi connectivity index (χ3n) is 5.07. The van der Waals surface area contributed by atoms with Crippen LogP contribution in [0.5, 0.6) is 0 Å². The molecular formula is C21H16N10. The molecule has 0 aliphatic rings. The molecule has 0 unspecified atom stereocenters. The van der Waals surface area contributed by atoms with E-state index in [-0.39, 0.29) is 0 Å². The predicted molar refractivity (Wildman–Crippen MR) is 116 cm³/mol. The van der Waals surface area contributed by atoms with Gasteiger partial charge in [-0.2, -0.15) is 5.10 Å². The van der Waals surface area contributed by atoms with E-state index in [1.165, 1.54) is 0 Å². The molecule has 31 heavy (non-hydrogen) atoms. The Kier molecular flexibility index (Phi) is 3.60. The molecule has 0 saturated heterocycles. The number of pyridine rings is 3. The molecule has 6 aromatic rings. The molecule has 4 N–H and O–H groups in total. The Balaban J connectivity index is 1.51. The summed E-state index contributed by atoms with van der Waals surface area (Å²) in [6.07, 6.45) is 10.5. The summed E-state index contributed by atoms with van der Waals surface area (Å²) in [5.41, 5.74) is 12.1. The molecule has 0 aromatic carbocycles. The Hall–Kier alpha value is -4.60. The van der Waals surface area contributed by atoms with Crippen LogP contribution < -0.4 is 5.73 Å². The monoisotopic (exact) mass is 408 g/mol. The van der Waals surface area contributed by atoms with Gasteiger partial charge in [0.25, 0.3) is 0 Å². The number of aromatic nitrogens is 9. The number of hydrogen-bond acceptors (Lipinski definition) is 7. The number of fused-ring (bicyclic) bond motifs is 2. The number of aryl methyl sites for hydroxylation is 1. The maximum absolute atomic E-state index is 5.89. The quantitative estimate of drug-likeness (QED) is 0.409. The highest BCUT2D eigenvalue weighted by Crippen LogP contribution is 2.30. The molecule has 10 nitrogen and oxygen atoms in total. The summed E-state index contributed by atoms with van der Waals surface area (Å²) >= 11 is 0. The summed E-state index contributed by atoms with van der Waals surface area (Å²) in [6.45, 7) is 1.93. The van der Waals surface area contributed by atoms with Crippen molar-refractivity contribution in [3.05, 3.63) is 61.2 Å². The van der Waals surface area contributed by atoms with E-state index in [1.54, 1.807) is 31.1 Å². The largest absolute Gasteiger partial charge is 0.397 e. The minimum atomic E-state index is 0.595. The third kappa shape index (κ3) is 2.81. The van der Waals surface area contributed by atoms with Gasteiger partial charge in [0, 0.05) is 42.1 Å². The second-order valence-corrected chi connectivity index (χ2v) is 7.24. The Morgan fingerprint density at radius 3 is 2.77 bits per heavy atom. The van der Waals surface area contributed by atoms with Crippen LogP contribution in [0.15, 0.2) is 55.5 Å². The Bertz CT molecular complexity index is 1570. The highest BCUT2D eigenvalue weighted by atomic mass is 15.2. The average molecular weight is 408 g/mol. The van der Waals surface area contributed by atoms with Gasteiger partial charge in [0.1, 0.15) is 17.5 Å². The minimum Gasteiger partial charge on any atom is -0.397 e. The Morgan fingerprint density at radius 1 is 1.03 bits per heavy atom. The van der Waals surface area contributed by atoms with E-state index in [0.29, 0.717) is 28.7 Å². The molecule has 0 aliphatic carbocycles. The fraction of sp³-hybridized carbons (Fsp3) is 0.0476. The summed E-state index contributed by atoms with van der Waals surface area (Å²) in [5.74, 6) is 1.32. The van der Waals surface area contributed by atoms with Gasteiger partial charge >= 0.3 is 0 Å². The van der Waals surface area contributed by atoms with Crippen molar-refractivity contribution in [1.29, 1.82) is 0 Å². The lowest BCUT2D eigenvalue weighted by Gasteiger charge is -2.02. The second-order valence-electron chi connectivity index (χ2n) is 7.24. The molecule has 150 valence electrons. The van der Waals surface area contributed by atoms with Crippen molar-refractivity contribution in [2.75, 3.05) is 5.73 Å². The van der Waals surface area contributed by atoms with Gasteiger partial charge < -0.3 is 10.7 Å². The molecule has 0 atom stereocenters. The predicted octanol–water partition coefficient (Wildman–Crippen LogP) is 3.03. The molecule has 0 radical (unpaired) electrons. The van der Waals surface area contributed by atoms with Crippen LogP contribution in [-0.4, -0.2) is 44.7 Å². The topological polar surface area (TPSA) is 140 Å². The fourth-order valence-corrected chi connectivity index (χ4v) is 3.62. The standard InChI is InChI=1S/C21H16N10/c1-11-9-31(10-26-11)21-18-16(2-3-24-21)27-20(28-18)17-15-5-13(7-25-19(15)30-29-17)12-4-14(22)8-23-6-12/h2-10H,22H2,1H3,(H,27,28)(H,25,29,30). The zero-order chi connectivity index (χ0) is 20.9. The lowest BCUT2D eigenvalue weighted by atomic mass is 10.1. The first kappa shape index (κ1) is 17.3. The Labute approximate surface area is 175 Å². The van der Waals surface area contributed by atoms with Crippen molar-refractivity contribution in [2.45, 2.75) is 6.92 Å². The van der Waals surface area contributed by atoms with Crippen LogP contribution in [0.1, 0.15) is 5.69 Å². The van der Waals surface area contributed by atoms with E-state index >= 15 is 0 Å². The first-order chi connectivity index (χ1) is 15.2. The molecule has 0 spiro atoms. The molecule has 6 rings (SSSR count). The minimum absolute atomic E-state index is 0.595. The summed E-state index contributed by atoms with van der Waals surface area (Å²) in [5, 5.41) is 8.28. The first-order valence-electron chi connectivity index (χ1n) is 9.57. The summed E-state index contributed by atoms with van der Waals surface area (Å²) < 4.78 is 1.86. The van der Waals surface area contributed by atoms with Crippen molar-refractivity contribution in [1.82, 2.24) is 44.7 Å². The van der Waals surface area contributed by atoms with Crippen LogP contribution in [0.25, 0.3) is 50.5 Å². The van der Waals surface area contributed by atoms with Gasteiger partial charge in [-0.3, -0.25) is 14.6 Å². The number of hydrogen-bond donors (Lipinski definition) is 3. The molecule has 0 amide bonds. The summed E-state index contributed by atoms with van der Waals surface area (Å²) in [6, 6.07) is 5.75. The van der Waals surface area contributed by atoms with Crippen molar-refractivity contribution in [3.63, 3.8) is 0 Å². The van der Waals surface area contributed by atoms with Crippen LogP contribution in [0, 0.1) is 6.92 Å². The van der Waals surface area contributed by atoms with Gasteiger partial charge in [-0.1, -0.05) is 0 Å². The average Bonchev–Trinajstić information content (AvgIpc) is 3.50. The fourth-order valence-electron chi connectivity index (χ4n) is 3.62. The number of imidazole rings is 2. The summed E-state index contributed by atoms with van der Waals surface area (Å²) in [7, 11) is 0. The zero-order valence-corrected chi connectivity index (χ0v) is 16.4. The molecule has 6 aromatic heterocycles. The number of aromatic amines is 2. The number of H-pyrrole nitrogens is 2. The van der Waals surface area contributed by atoms with E-state index < -0.39 is 0 Å². The smallest absolute Gasteiger partial charge is 0.166 e. The van der Waals surface area contributed by atoms with Gasteiger partial charge in [-0.05, 0) is 25.1 Å². The first-order valence-corrected chi connectivity index (χ1v) is 9.57. The van der Waals surface area contributed by atoms with E-state index in [9.17, 15) is 0 Å². The van der Waals surface area contributed by atoms with Crippen molar-refractivity contribution in [3.8, 4) is 28.5 Å². The van der Waals surface area contributed by atoms with Crippen LogP contribution in [-0.2, 0) is 0 Å². The molecular weight excluding hydrogens is 392 g/mol. The third-order valence-corrected chi connectivity index (χ3v) is 5.07. The second kappa shape index (κ2) is 6.46. The number of nitrogen functional groups attached to an aromatic ring is 1. The molecule has 0 aliphatic heterocycles. The van der Waals surface area contributed by atoms with Crippen LogP contribution >= 0.6 is 0 Å². The molecule has 0 bridgehead atoms. The lowest BCUT2D eigenvalue weighted by molar-refractivity contribution is 1.00. The van der Waals surface area contributed by atoms with E-state index in [1.807, 2.05) is 35.9 Å². The normalized spacial score (nSPS) is 11.5. The van der Waals surface area contributed by atoms with E-state index in [0.717, 1.165) is 33.2 Å². The van der Waals surface area contributed by atoms with Crippen molar-refractivity contribution >= 4 is 27.8 Å². The highest BCUT2D eigenvalue weighted by Gasteiger charge is 2.17. The number of anilines is 1. The van der Waals surface area contributed by atoms with E-state index in [4.69, 9.17) is 10.7 Å². The number of nitrogens with zero attached hydrogens (tertiary/aromatic N) is 7. The molecule has 0 saturated carbocycles. The van der Waals surface area contributed by atoms with Gasteiger partial charge in [0.2, 0.25) is 0 Å². The maximum atomic E-state index is 5.89. The van der Waals surface area contributed by atoms with Gasteiger partial charge in [0.15, 0.2) is 17.3 Å². The Morgan fingerprint density at radius 2 is 1.94 bits per heavy atom. The van der Waals surface area contributed by atoms with Crippen LogP contribution in [0.2, 0.25) is 0 Å². The molecule has 10 heteroatoms. The van der Waals surface area contributed by atoms with Gasteiger partial charge in [0.05, 0.1) is 22.3 Å². The van der Waals surface area contributed by atoms with Gasteiger partial charge in [-0.25, -0.2) is 19.9 Å². The lowest BCUT2D eigenvalue weighted by Crippen LogP contribution is -1.95. The molecule has 0 fully saturated rings. The molecule has 6 heterocycles.